The van der Waals surface area contributed by atoms with Crippen molar-refractivity contribution in [3.63, 3.8) is 0 Å². The normalized spacial score (nSPS) is 12.3. The van der Waals surface area contributed by atoms with Crippen LogP contribution in [0.15, 0.2) is 72.8 Å². The van der Waals surface area contributed by atoms with Crippen LogP contribution >= 0.6 is 23.2 Å². The molecule has 0 aliphatic heterocycles. The van der Waals surface area contributed by atoms with Gasteiger partial charge in [-0.1, -0.05) is 56.1 Å². The maximum absolute atomic E-state index is 16.6. The number of hydrogen-bond acceptors (Lipinski definition) is 6. The quantitative estimate of drug-likeness (QED) is 0.123. The smallest absolute Gasteiger partial charge is 0.319 e. The molecule has 1 atom stereocenters. The van der Waals surface area contributed by atoms with Crippen molar-refractivity contribution in [1.82, 2.24) is 9.13 Å². The van der Waals surface area contributed by atoms with Crippen LogP contribution in [0.4, 0.5) is 8.78 Å². The number of halogens is 4. The second-order valence-electron chi connectivity index (χ2n) is 13.7. The maximum Gasteiger partial charge on any atom is 0.319 e. The van der Waals surface area contributed by atoms with Crippen molar-refractivity contribution in [1.29, 1.82) is 0 Å². The number of fused-ring (bicyclic) bond motifs is 2. The summed E-state index contributed by atoms with van der Waals surface area (Å²) in [4.78, 5) is 53.9. The molecular formula is C40H32Cl2F2N2O7. The average Bonchev–Trinajstić information content (AvgIpc) is 3.52. The molecule has 6 rings (SSSR count). The highest BCUT2D eigenvalue weighted by Gasteiger charge is 2.41. The van der Waals surface area contributed by atoms with E-state index in [1.165, 1.54) is 59.4 Å². The van der Waals surface area contributed by atoms with Crippen molar-refractivity contribution in [3.05, 3.63) is 128 Å². The monoisotopic (exact) mass is 760 g/mol. The lowest BCUT2D eigenvalue weighted by Crippen LogP contribution is -2.31. The Labute approximate surface area is 311 Å². The van der Waals surface area contributed by atoms with Gasteiger partial charge in [0, 0.05) is 43.3 Å². The molecule has 0 fully saturated rings. The molecule has 0 amide bonds. The van der Waals surface area contributed by atoms with Crippen LogP contribution in [-0.4, -0.2) is 43.1 Å². The Morgan fingerprint density at radius 3 is 1.83 bits per heavy atom. The van der Waals surface area contributed by atoms with Gasteiger partial charge in [-0.15, -0.1) is 0 Å². The number of carboxylic acids is 1. The molecular weight excluding hydrogens is 729 g/mol. The van der Waals surface area contributed by atoms with Gasteiger partial charge in [0.2, 0.25) is 0 Å². The van der Waals surface area contributed by atoms with E-state index in [4.69, 9.17) is 27.9 Å². The maximum atomic E-state index is 16.6. The Morgan fingerprint density at radius 1 is 0.774 bits per heavy atom. The summed E-state index contributed by atoms with van der Waals surface area (Å²) in [5.74, 6) is -8.30. The molecule has 53 heavy (non-hydrogen) atoms. The Morgan fingerprint density at radius 2 is 1.30 bits per heavy atom. The molecule has 0 radical (unpaired) electrons. The number of nitrogens with zero attached hydrogens (tertiary/aromatic N) is 2. The van der Waals surface area contributed by atoms with Gasteiger partial charge in [-0.2, -0.15) is 0 Å². The van der Waals surface area contributed by atoms with E-state index < -0.39 is 64.6 Å². The van der Waals surface area contributed by atoms with Gasteiger partial charge in [-0.3, -0.25) is 28.3 Å². The summed E-state index contributed by atoms with van der Waals surface area (Å²) in [7, 11) is 0. The van der Waals surface area contributed by atoms with Crippen LogP contribution in [0.3, 0.4) is 0 Å². The van der Waals surface area contributed by atoms with Crippen molar-refractivity contribution < 1.29 is 42.9 Å². The number of hydrogen-bond donors (Lipinski definition) is 2. The zero-order valence-corrected chi connectivity index (χ0v) is 30.6. The fraction of sp³-hybridized carbons (Fsp3) is 0.200. The van der Waals surface area contributed by atoms with E-state index in [-0.39, 0.29) is 65.5 Å². The molecule has 0 aliphatic rings. The first-order chi connectivity index (χ1) is 24.9. The molecule has 0 bridgehead atoms. The second-order valence-corrected chi connectivity index (χ2v) is 14.6. The molecule has 2 aromatic heterocycles. The third kappa shape index (κ3) is 6.55. The number of aromatic hydroxyl groups is 1. The molecule has 2 N–H and O–H groups in total. The molecule has 2 heterocycles. The largest absolute Gasteiger partial charge is 0.505 e. The predicted octanol–water partition coefficient (Wildman–Crippen LogP) is 9.24. The highest BCUT2D eigenvalue weighted by atomic mass is 35.5. The van der Waals surface area contributed by atoms with E-state index in [2.05, 4.69) is 0 Å². The Hall–Kier alpha value is -5.52. The van der Waals surface area contributed by atoms with E-state index in [9.17, 15) is 29.4 Å². The lowest BCUT2D eigenvalue weighted by Gasteiger charge is -2.29. The lowest BCUT2D eigenvalue weighted by atomic mass is 9.75. The average molecular weight is 762 g/mol. The number of carbonyl (C=O) groups excluding carboxylic acids is 3. The molecule has 6 aromatic rings. The third-order valence-corrected chi connectivity index (χ3v) is 9.68. The Balaban J connectivity index is 1.51. The van der Waals surface area contributed by atoms with Gasteiger partial charge in [0.15, 0.2) is 23.1 Å². The first kappa shape index (κ1) is 37.2. The summed E-state index contributed by atoms with van der Waals surface area (Å²) in [5.41, 5.74) is -0.262. The third-order valence-electron chi connectivity index (χ3n) is 9.21. The summed E-state index contributed by atoms with van der Waals surface area (Å²) in [6, 6.07) is 17.2. The summed E-state index contributed by atoms with van der Waals surface area (Å²) >= 11 is 12.3. The SMILES string of the molecule is Cc1c(CC(=O)O)c2c(F)c(OC(=O)C(c3c(C)n(C(=O)c4cccc(Cl)c4)c4ccc(O)c(F)c34)C(C)(C)C)ccc2n1C(=O)c1cccc(Cl)c1. The van der Waals surface area contributed by atoms with Crippen molar-refractivity contribution in [2.45, 2.75) is 47.0 Å². The second kappa shape index (κ2) is 13.8. The summed E-state index contributed by atoms with van der Waals surface area (Å²) in [6.07, 6.45) is -0.654. The fourth-order valence-corrected chi connectivity index (χ4v) is 7.27. The Kier molecular flexibility index (Phi) is 9.69. The number of carbonyl (C=O) groups is 4. The molecule has 0 saturated heterocycles. The molecule has 0 aliphatic carbocycles. The van der Waals surface area contributed by atoms with E-state index >= 15 is 8.78 Å². The molecule has 1 unspecified atom stereocenters. The zero-order valence-electron chi connectivity index (χ0n) is 29.1. The number of aliphatic carboxylic acids is 1. The highest BCUT2D eigenvalue weighted by molar-refractivity contribution is 6.31. The standard InChI is InChI=1S/C40H32Cl2F2N2O7/c1-19-25(18-30(48)49)32-26(45(19)37(50)21-8-6-10-23(41)16-21)13-15-29(36(32)44)53-39(52)34(40(3,4)5)31-20(2)46(27-12-14-28(47)35(43)33(27)31)38(51)22-9-7-11-24(42)17-22/h6-17,34,47H,18H2,1-5H3,(H,48,49). The van der Waals surface area contributed by atoms with Crippen LogP contribution in [0.1, 0.15) is 69.9 Å². The Bertz CT molecular complexity index is 2530. The van der Waals surface area contributed by atoms with Crippen molar-refractivity contribution in [2.75, 3.05) is 0 Å². The van der Waals surface area contributed by atoms with Gasteiger partial charge in [0.05, 0.1) is 23.4 Å². The molecule has 9 nitrogen and oxygen atoms in total. The topological polar surface area (TPSA) is 128 Å². The van der Waals surface area contributed by atoms with Crippen molar-refractivity contribution in [2.24, 2.45) is 5.41 Å². The highest BCUT2D eigenvalue weighted by Crippen LogP contribution is 2.45. The minimum absolute atomic E-state index is 0.0124. The van der Waals surface area contributed by atoms with Crippen LogP contribution < -0.4 is 4.74 Å². The van der Waals surface area contributed by atoms with Gasteiger partial charge >= 0.3 is 11.9 Å². The first-order valence-corrected chi connectivity index (χ1v) is 17.1. The number of rotatable bonds is 7. The van der Waals surface area contributed by atoms with Gasteiger partial charge < -0.3 is 14.9 Å². The van der Waals surface area contributed by atoms with Crippen LogP contribution in [0.5, 0.6) is 11.5 Å². The number of ether oxygens (including phenoxy) is 1. The zero-order chi connectivity index (χ0) is 38.7. The molecule has 272 valence electrons. The summed E-state index contributed by atoms with van der Waals surface area (Å²) in [5, 5.41) is 20.3. The fourth-order valence-electron chi connectivity index (χ4n) is 6.89. The van der Waals surface area contributed by atoms with Crippen LogP contribution in [0, 0.1) is 30.9 Å². The first-order valence-electron chi connectivity index (χ1n) is 16.3. The van der Waals surface area contributed by atoms with Crippen LogP contribution in [0.2, 0.25) is 10.0 Å². The molecule has 13 heteroatoms. The number of aromatic nitrogens is 2. The van der Waals surface area contributed by atoms with Gasteiger partial charge in [0.25, 0.3) is 11.8 Å². The van der Waals surface area contributed by atoms with E-state index in [1.807, 2.05) is 0 Å². The number of phenolic OH excluding ortho intramolecular Hbond substituents is 1. The number of carboxylic acid groups (broad SMARTS) is 1. The summed E-state index contributed by atoms with van der Waals surface area (Å²) in [6.45, 7) is 8.03. The van der Waals surface area contributed by atoms with E-state index in [0.717, 1.165) is 12.1 Å². The molecule has 0 saturated carbocycles. The van der Waals surface area contributed by atoms with E-state index in [0.29, 0.717) is 0 Å². The molecule has 0 spiro atoms. The minimum Gasteiger partial charge on any atom is -0.505 e. The van der Waals surface area contributed by atoms with Crippen molar-refractivity contribution in [3.8, 4) is 11.5 Å². The molecule has 4 aromatic carbocycles. The number of benzene rings is 4. The lowest BCUT2D eigenvalue weighted by molar-refractivity contribution is -0.139. The van der Waals surface area contributed by atoms with Gasteiger partial charge in [-0.25, -0.2) is 8.78 Å². The van der Waals surface area contributed by atoms with Gasteiger partial charge in [-0.05, 0) is 91.1 Å². The van der Waals surface area contributed by atoms with E-state index in [1.54, 1.807) is 45.0 Å². The summed E-state index contributed by atoms with van der Waals surface area (Å²) < 4.78 is 40.7. The van der Waals surface area contributed by atoms with Gasteiger partial charge in [0.1, 0.15) is 0 Å². The van der Waals surface area contributed by atoms with Crippen LogP contribution in [0.25, 0.3) is 21.8 Å². The van der Waals surface area contributed by atoms with Crippen LogP contribution in [-0.2, 0) is 16.0 Å². The van der Waals surface area contributed by atoms with Crippen molar-refractivity contribution >= 4 is 68.8 Å². The predicted molar refractivity (Wildman–Crippen MR) is 196 cm³/mol. The number of phenols is 1. The number of esters is 1. The minimum atomic E-state index is -1.35.